The maximum absolute atomic E-state index is 14.5. The van der Waals surface area contributed by atoms with Gasteiger partial charge in [-0.3, -0.25) is 52.7 Å². The number of carbonyl (C=O) groups excluding carboxylic acids is 11. The number of aliphatic hydroxyl groups is 2. The lowest BCUT2D eigenvalue weighted by Crippen LogP contribution is -2.62. The van der Waals surface area contributed by atoms with Crippen molar-refractivity contribution < 1.29 is 63.0 Å². The molecular formula is C54H94ClN15O13. The molecule has 0 unspecified atom stereocenters. The quantitative estimate of drug-likeness (QED) is 0.0370. The van der Waals surface area contributed by atoms with E-state index in [1.165, 1.54) is 20.8 Å². The molecule has 12 atom stereocenters. The highest BCUT2D eigenvalue weighted by molar-refractivity contribution is 5.99. The molecule has 0 aromatic heterocycles. The van der Waals surface area contributed by atoms with Crippen LogP contribution < -0.4 is 81.4 Å². The summed E-state index contributed by atoms with van der Waals surface area (Å²) in [6.07, 6.45) is 0.342. The maximum Gasteiger partial charge on any atom is 0.245 e. The lowest BCUT2D eigenvalue weighted by atomic mass is 10.00. The number of benzene rings is 1. The molecule has 11 amide bonds. The molecule has 0 spiro atoms. The topological polar surface area (TPSA) is 465 Å². The monoisotopic (exact) mass is 1200 g/mol. The van der Waals surface area contributed by atoms with Crippen LogP contribution >= 0.6 is 12.4 Å². The maximum atomic E-state index is 14.5. The third-order valence-electron chi connectivity index (χ3n) is 13.4. The summed E-state index contributed by atoms with van der Waals surface area (Å²) >= 11 is 0. The van der Waals surface area contributed by atoms with Crippen LogP contribution in [0.4, 0.5) is 0 Å². The molecule has 1 aliphatic rings. The van der Waals surface area contributed by atoms with E-state index in [0.717, 1.165) is 25.7 Å². The molecular weight excluding hydrogens is 1100 g/mol. The van der Waals surface area contributed by atoms with E-state index in [1.807, 2.05) is 0 Å². The summed E-state index contributed by atoms with van der Waals surface area (Å²) in [5, 5.41) is 49.4. The third kappa shape index (κ3) is 27.1. The van der Waals surface area contributed by atoms with E-state index < -0.39 is 151 Å². The van der Waals surface area contributed by atoms with Gasteiger partial charge in [-0.25, -0.2) is 0 Å². The number of hydrogen-bond acceptors (Lipinski definition) is 17. The van der Waals surface area contributed by atoms with Crippen molar-refractivity contribution in [3.05, 3.63) is 35.9 Å². The Labute approximate surface area is 492 Å². The Morgan fingerprint density at radius 2 is 1.13 bits per heavy atom. The Bertz CT molecular complexity index is 2250. The predicted molar refractivity (Wildman–Crippen MR) is 311 cm³/mol. The number of rotatable bonds is 27. The number of halogens is 1. The van der Waals surface area contributed by atoms with Crippen LogP contribution in [0.5, 0.6) is 0 Å². The van der Waals surface area contributed by atoms with Gasteiger partial charge < -0.3 is 91.6 Å². The molecule has 0 saturated carbocycles. The van der Waals surface area contributed by atoms with Crippen molar-refractivity contribution >= 4 is 77.4 Å². The van der Waals surface area contributed by atoms with Crippen LogP contribution in [-0.2, 0) is 59.2 Å². The van der Waals surface area contributed by atoms with Crippen LogP contribution in [-0.4, -0.2) is 181 Å². The molecule has 1 aromatic carbocycles. The zero-order valence-electron chi connectivity index (χ0n) is 48.7. The minimum atomic E-state index is -1.69. The van der Waals surface area contributed by atoms with E-state index in [4.69, 9.17) is 22.9 Å². The molecule has 1 saturated heterocycles. The molecule has 0 aliphatic carbocycles. The first-order valence-electron chi connectivity index (χ1n) is 28.4. The first-order valence-corrected chi connectivity index (χ1v) is 28.4. The summed E-state index contributed by atoms with van der Waals surface area (Å²) in [6.45, 7) is 8.38. The van der Waals surface area contributed by atoms with Crippen molar-refractivity contribution in [3.8, 4) is 0 Å². The minimum absolute atomic E-state index is 0. The van der Waals surface area contributed by atoms with Gasteiger partial charge in [-0.15, -0.1) is 12.4 Å². The van der Waals surface area contributed by atoms with Gasteiger partial charge in [0.25, 0.3) is 0 Å². The van der Waals surface area contributed by atoms with Crippen LogP contribution in [0, 0.1) is 5.92 Å². The second kappa shape index (κ2) is 39.8. The SMILES string of the molecule is CCCCCCCC(=O)N[C@@H](CCN)C(=O)N[C@H](C(=O)N[C@@H](CCN)C(=O)N[C@H]1CCNC(=O)[C@H]([C@@H](C)O)NC(=O)[C@H](C)NC(=O)[C@H](CCN)NC(=O)[C@H](CC(C)C)NC(=O)[C@@H](Cc2ccccc2)NC(=O)[C@H](CCN)NC1=O)[C@@H](C)O.Cl. The molecule has 1 heterocycles. The highest BCUT2D eigenvalue weighted by atomic mass is 35.5. The molecule has 1 aliphatic heterocycles. The first kappa shape index (κ1) is 74.5. The van der Waals surface area contributed by atoms with Crippen LogP contribution in [0.2, 0.25) is 0 Å². The Kier molecular flexibility index (Phi) is 35.7. The zero-order chi connectivity index (χ0) is 61.5. The number of unbranched alkanes of at least 4 members (excludes halogenated alkanes) is 4. The minimum Gasteiger partial charge on any atom is -0.391 e. The Balaban J connectivity index is 0.0000344. The van der Waals surface area contributed by atoms with Gasteiger partial charge in [0.15, 0.2) is 0 Å². The van der Waals surface area contributed by atoms with Crippen molar-refractivity contribution in [2.75, 3.05) is 32.7 Å². The van der Waals surface area contributed by atoms with Gasteiger partial charge in [-0.2, -0.15) is 0 Å². The van der Waals surface area contributed by atoms with Crippen molar-refractivity contribution in [2.24, 2.45) is 28.9 Å². The molecule has 1 aromatic rings. The summed E-state index contributed by atoms with van der Waals surface area (Å²) in [4.78, 5) is 152. The van der Waals surface area contributed by atoms with E-state index in [9.17, 15) is 63.0 Å². The molecule has 470 valence electrons. The average Bonchev–Trinajstić information content (AvgIpc) is 3.44. The average molecular weight is 1200 g/mol. The van der Waals surface area contributed by atoms with Crippen LogP contribution in [0.25, 0.3) is 0 Å². The van der Waals surface area contributed by atoms with Crippen LogP contribution in [0.15, 0.2) is 30.3 Å². The van der Waals surface area contributed by atoms with Gasteiger partial charge in [-0.05, 0) is 103 Å². The highest BCUT2D eigenvalue weighted by Gasteiger charge is 2.37. The number of nitrogens with two attached hydrogens (primary N) is 4. The van der Waals surface area contributed by atoms with Crippen LogP contribution in [0.3, 0.4) is 0 Å². The third-order valence-corrected chi connectivity index (χ3v) is 13.4. The normalized spacial score (nSPS) is 22.6. The summed E-state index contributed by atoms with van der Waals surface area (Å²) in [5.41, 5.74) is 24.0. The summed E-state index contributed by atoms with van der Waals surface area (Å²) < 4.78 is 0. The molecule has 29 heteroatoms. The number of amides is 11. The Morgan fingerprint density at radius 1 is 0.602 bits per heavy atom. The second-order valence-corrected chi connectivity index (χ2v) is 21.0. The number of carbonyl (C=O) groups is 11. The van der Waals surface area contributed by atoms with Crippen molar-refractivity contribution in [3.63, 3.8) is 0 Å². The standard InChI is InChI=1S/C54H93N15O13.ClH/c1-7-8-9-10-14-17-42(72)61-35(18-23-55)50(78)69-44(33(6)71)54(82)65-38(21-26-58)47(75)64-39-22-27-59-53(81)43(32(5)70)68-45(73)31(4)60-46(74)36(19-24-56)63-51(79)40(28-30(2)3)66-52(80)41(29-34-15-12-11-13-16-34)67-48(76)37(20-25-57)62-49(39)77;/h11-13,15-16,30-33,35-41,43-44,70-71H,7-10,14,17-29,55-58H2,1-6H3,(H,59,81)(H,60,74)(H,61,72)(H,62,77)(H,63,79)(H,64,75)(H,65,82)(H,66,80)(H,67,76)(H,68,73)(H,69,78);1H/t31-,32+,33+,35-,36-,37-,38-,39-,40-,41+,43-,44-;/m0./s1. The van der Waals surface area contributed by atoms with Crippen molar-refractivity contribution in [1.29, 1.82) is 0 Å². The van der Waals surface area contributed by atoms with Crippen LogP contribution in [0.1, 0.15) is 124 Å². The summed E-state index contributed by atoms with van der Waals surface area (Å²) in [7, 11) is 0. The lowest BCUT2D eigenvalue weighted by molar-refractivity contribution is -0.137. The van der Waals surface area contributed by atoms with Gasteiger partial charge in [0, 0.05) is 19.4 Å². The zero-order valence-corrected chi connectivity index (χ0v) is 49.5. The molecule has 1 fully saturated rings. The number of hydrogen-bond donors (Lipinski definition) is 17. The van der Waals surface area contributed by atoms with E-state index in [2.05, 4.69) is 65.4 Å². The smallest absolute Gasteiger partial charge is 0.245 e. The molecule has 83 heavy (non-hydrogen) atoms. The summed E-state index contributed by atoms with van der Waals surface area (Å²) in [6, 6.07) is -5.99. The molecule has 28 nitrogen and oxygen atoms in total. The lowest BCUT2D eigenvalue weighted by Gasteiger charge is -2.29. The fraction of sp³-hybridized carbons (Fsp3) is 0.685. The van der Waals surface area contributed by atoms with Gasteiger partial charge >= 0.3 is 0 Å². The van der Waals surface area contributed by atoms with Crippen molar-refractivity contribution in [2.45, 2.75) is 198 Å². The summed E-state index contributed by atoms with van der Waals surface area (Å²) in [5.74, 6) is -9.79. The van der Waals surface area contributed by atoms with Gasteiger partial charge in [-0.1, -0.05) is 76.8 Å². The molecule has 0 radical (unpaired) electrons. The Morgan fingerprint density at radius 3 is 1.69 bits per heavy atom. The first-order chi connectivity index (χ1) is 38.9. The van der Waals surface area contributed by atoms with E-state index in [0.29, 0.717) is 12.0 Å². The van der Waals surface area contributed by atoms with E-state index >= 15 is 0 Å². The van der Waals surface area contributed by atoms with E-state index in [1.54, 1.807) is 44.2 Å². The molecule has 21 N–H and O–H groups in total. The van der Waals surface area contributed by atoms with Gasteiger partial charge in [0.05, 0.1) is 12.2 Å². The number of nitrogens with one attached hydrogen (secondary N) is 11. The second-order valence-electron chi connectivity index (χ2n) is 21.0. The van der Waals surface area contributed by atoms with E-state index in [-0.39, 0.29) is 89.4 Å². The molecule has 2 rings (SSSR count). The van der Waals surface area contributed by atoms with Gasteiger partial charge in [0.1, 0.15) is 60.4 Å². The predicted octanol–water partition coefficient (Wildman–Crippen LogP) is -4.40. The fourth-order valence-corrected chi connectivity index (χ4v) is 8.72. The largest absolute Gasteiger partial charge is 0.391 e. The number of aliphatic hydroxyl groups excluding tert-OH is 2. The van der Waals surface area contributed by atoms with Crippen molar-refractivity contribution in [1.82, 2.24) is 58.5 Å². The Hall–Kier alpha value is -6.56. The van der Waals surface area contributed by atoms with Gasteiger partial charge in [0.2, 0.25) is 65.0 Å². The highest BCUT2D eigenvalue weighted by Crippen LogP contribution is 2.12. The fourth-order valence-electron chi connectivity index (χ4n) is 8.72. The molecule has 0 bridgehead atoms.